The quantitative estimate of drug-likeness (QED) is 0.265. The zero-order chi connectivity index (χ0) is 30.9. The van der Waals surface area contributed by atoms with Gasteiger partial charge in [-0.15, -0.1) is 10.2 Å². The molecule has 43 heavy (non-hydrogen) atoms. The molecule has 0 aliphatic carbocycles. The van der Waals surface area contributed by atoms with Gasteiger partial charge < -0.3 is 19.5 Å². The average molecular weight is 601 g/mol. The van der Waals surface area contributed by atoms with Gasteiger partial charge in [0.05, 0.1) is 12.1 Å². The van der Waals surface area contributed by atoms with Crippen molar-refractivity contribution < 1.29 is 32.2 Å². The Morgan fingerprint density at radius 2 is 1.86 bits per heavy atom. The Morgan fingerprint density at radius 3 is 2.58 bits per heavy atom. The number of aromatic nitrogens is 4. The number of alkyl carbamates (subject to hydrolysis) is 1. The molecule has 1 aliphatic rings. The lowest BCUT2D eigenvalue weighted by atomic mass is 10.1. The van der Waals surface area contributed by atoms with Crippen molar-refractivity contribution >= 4 is 22.6 Å². The molecule has 0 bridgehead atoms. The maximum atomic E-state index is 14.6. The number of ether oxygens (including phenoxy) is 3. The minimum absolute atomic E-state index is 0.0246. The van der Waals surface area contributed by atoms with Crippen LogP contribution in [-0.2, 0) is 9.47 Å². The third-order valence-corrected chi connectivity index (χ3v) is 7.20. The number of nitrogens with zero attached hydrogens (tertiary/aromatic N) is 5. The Balaban J connectivity index is 1.44. The van der Waals surface area contributed by atoms with Gasteiger partial charge in [-0.25, -0.2) is 9.78 Å². The van der Waals surface area contributed by atoms with Crippen LogP contribution in [0.5, 0.6) is 5.75 Å². The minimum atomic E-state index is -4.57. The first-order valence-electron chi connectivity index (χ1n) is 14.0. The van der Waals surface area contributed by atoms with Gasteiger partial charge in [0.1, 0.15) is 29.7 Å². The Bertz CT molecular complexity index is 1620. The second-order valence-corrected chi connectivity index (χ2v) is 11.6. The standard InChI is InChI=1S/C30H35F3N6O4/c1-18-23(42-15-14-41-5)10-7-19-6-9-22(35-25(18)19)27-37-36-24-11-8-20(16-39(24)27)26(30(31,32)33)38-13-12-21(17-38)34-28(40)43-29(2,3)4/h6-11,16,21,26H,12-15,17H2,1-5H3,(H,34,40). The Labute approximate surface area is 247 Å². The van der Waals surface area contributed by atoms with Gasteiger partial charge in [-0.3, -0.25) is 9.30 Å². The lowest BCUT2D eigenvalue weighted by molar-refractivity contribution is -0.184. The van der Waals surface area contributed by atoms with Gasteiger partial charge in [-0.1, -0.05) is 12.1 Å². The molecule has 0 radical (unpaired) electrons. The van der Waals surface area contributed by atoms with E-state index in [2.05, 4.69) is 15.5 Å². The lowest BCUT2D eigenvalue weighted by Crippen LogP contribution is -2.42. The molecule has 13 heteroatoms. The van der Waals surface area contributed by atoms with Crippen molar-refractivity contribution in [3.05, 3.63) is 53.7 Å². The number of hydrogen-bond acceptors (Lipinski definition) is 8. The molecule has 0 saturated carbocycles. The van der Waals surface area contributed by atoms with Gasteiger partial charge in [-0.05, 0) is 63.9 Å². The molecule has 2 atom stereocenters. The van der Waals surface area contributed by atoms with Crippen molar-refractivity contribution in [3.63, 3.8) is 0 Å². The molecular formula is C30H35F3N6O4. The second kappa shape index (κ2) is 12.0. The second-order valence-electron chi connectivity index (χ2n) is 11.6. The van der Waals surface area contributed by atoms with E-state index in [1.165, 1.54) is 27.6 Å². The number of carbonyl (C=O) groups excluding carboxylic acids is 1. The summed E-state index contributed by atoms with van der Waals surface area (Å²) in [5.41, 5.74) is 1.69. The van der Waals surface area contributed by atoms with E-state index in [-0.39, 0.29) is 18.7 Å². The van der Waals surface area contributed by atoms with Gasteiger partial charge in [0.2, 0.25) is 0 Å². The number of pyridine rings is 2. The number of likely N-dealkylation sites (tertiary alicyclic amines) is 1. The van der Waals surface area contributed by atoms with Crippen LogP contribution >= 0.6 is 0 Å². The van der Waals surface area contributed by atoms with Crippen LogP contribution in [0, 0.1) is 6.92 Å². The number of halogens is 3. The number of fused-ring (bicyclic) bond motifs is 2. The molecule has 1 amide bonds. The molecule has 0 spiro atoms. The topological polar surface area (TPSA) is 103 Å². The Hall–Kier alpha value is -3.97. The summed E-state index contributed by atoms with van der Waals surface area (Å²) < 4.78 is 61.4. The first kappa shape index (κ1) is 30.5. The first-order valence-corrected chi connectivity index (χ1v) is 14.0. The summed E-state index contributed by atoms with van der Waals surface area (Å²) in [5.74, 6) is 0.983. The summed E-state index contributed by atoms with van der Waals surface area (Å²) in [7, 11) is 1.60. The molecule has 10 nitrogen and oxygen atoms in total. The third-order valence-electron chi connectivity index (χ3n) is 7.20. The molecule has 1 aromatic carbocycles. The molecule has 5 rings (SSSR count). The number of alkyl halides is 3. The highest BCUT2D eigenvalue weighted by atomic mass is 19.4. The van der Waals surface area contributed by atoms with Gasteiger partial charge in [0.25, 0.3) is 0 Å². The van der Waals surface area contributed by atoms with Crippen molar-refractivity contribution in [2.75, 3.05) is 33.4 Å². The van der Waals surface area contributed by atoms with Crippen LogP contribution in [0.4, 0.5) is 18.0 Å². The largest absolute Gasteiger partial charge is 0.491 e. The molecule has 3 aromatic heterocycles. The fourth-order valence-corrected chi connectivity index (χ4v) is 5.29. The predicted octanol–water partition coefficient (Wildman–Crippen LogP) is 5.48. The molecule has 230 valence electrons. The van der Waals surface area contributed by atoms with Crippen LogP contribution in [0.1, 0.15) is 44.4 Å². The van der Waals surface area contributed by atoms with Crippen molar-refractivity contribution in [2.45, 2.75) is 58.0 Å². The van der Waals surface area contributed by atoms with E-state index in [0.717, 1.165) is 10.9 Å². The van der Waals surface area contributed by atoms with Gasteiger partial charge in [-0.2, -0.15) is 13.2 Å². The normalized spacial score (nSPS) is 17.0. The lowest BCUT2D eigenvalue weighted by Gasteiger charge is -2.30. The van der Waals surface area contributed by atoms with Crippen LogP contribution < -0.4 is 10.1 Å². The summed E-state index contributed by atoms with van der Waals surface area (Å²) in [6.45, 7) is 8.09. The molecule has 1 N–H and O–H groups in total. The van der Waals surface area contributed by atoms with E-state index in [9.17, 15) is 18.0 Å². The minimum Gasteiger partial charge on any atom is -0.491 e. The van der Waals surface area contributed by atoms with Crippen LogP contribution in [-0.4, -0.2) is 81.8 Å². The average Bonchev–Trinajstić information content (AvgIpc) is 3.55. The third kappa shape index (κ3) is 6.83. The van der Waals surface area contributed by atoms with Crippen LogP contribution in [0.2, 0.25) is 0 Å². The summed E-state index contributed by atoms with van der Waals surface area (Å²) in [5, 5.41) is 12.0. The SMILES string of the molecule is COCCOc1ccc2ccc(-c3nnc4ccc(C(N5CCC(NC(=O)OC(C)(C)C)C5)C(F)(F)F)cn34)nc2c1C. The molecule has 2 unspecified atom stereocenters. The number of nitrogens with one attached hydrogen (secondary N) is 1. The van der Waals surface area contributed by atoms with Gasteiger partial charge in [0.15, 0.2) is 11.5 Å². The highest BCUT2D eigenvalue weighted by molar-refractivity contribution is 5.85. The fourth-order valence-electron chi connectivity index (χ4n) is 5.29. The van der Waals surface area contributed by atoms with Crippen molar-refractivity contribution in [3.8, 4) is 17.3 Å². The van der Waals surface area contributed by atoms with Gasteiger partial charge >= 0.3 is 12.3 Å². The molecule has 1 saturated heterocycles. The summed E-state index contributed by atoms with van der Waals surface area (Å²) >= 11 is 0. The number of aryl methyl sites for hydroxylation is 1. The number of carbonyl (C=O) groups is 1. The maximum Gasteiger partial charge on any atom is 0.408 e. The van der Waals surface area contributed by atoms with E-state index in [1.807, 2.05) is 25.1 Å². The zero-order valence-corrected chi connectivity index (χ0v) is 24.7. The van der Waals surface area contributed by atoms with E-state index < -0.39 is 30.0 Å². The highest BCUT2D eigenvalue weighted by Crippen LogP contribution is 2.40. The van der Waals surface area contributed by atoms with Gasteiger partial charge in [0, 0.05) is 43.4 Å². The Morgan fingerprint density at radius 1 is 1.09 bits per heavy atom. The monoisotopic (exact) mass is 600 g/mol. The van der Waals surface area contributed by atoms with E-state index in [1.54, 1.807) is 33.9 Å². The molecule has 1 fully saturated rings. The fraction of sp³-hybridized carbons (Fsp3) is 0.467. The molecule has 4 aromatic rings. The van der Waals surface area contributed by atoms with E-state index in [0.29, 0.717) is 48.1 Å². The van der Waals surface area contributed by atoms with Crippen LogP contribution in [0.15, 0.2) is 42.6 Å². The number of amides is 1. The highest BCUT2D eigenvalue weighted by Gasteiger charge is 2.47. The molecule has 1 aliphatic heterocycles. The van der Waals surface area contributed by atoms with Crippen LogP contribution in [0.3, 0.4) is 0 Å². The zero-order valence-electron chi connectivity index (χ0n) is 24.7. The molecular weight excluding hydrogens is 565 g/mol. The maximum absolute atomic E-state index is 14.6. The van der Waals surface area contributed by atoms with E-state index in [4.69, 9.17) is 19.2 Å². The van der Waals surface area contributed by atoms with Crippen molar-refractivity contribution in [1.82, 2.24) is 29.8 Å². The number of benzene rings is 1. The predicted molar refractivity (Wildman–Crippen MR) is 154 cm³/mol. The summed E-state index contributed by atoms with van der Waals surface area (Å²) in [6, 6.07) is 8.00. The summed E-state index contributed by atoms with van der Waals surface area (Å²) in [4.78, 5) is 18.3. The molecule has 4 heterocycles. The van der Waals surface area contributed by atoms with Crippen molar-refractivity contribution in [2.24, 2.45) is 0 Å². The first-order chi connectivity index (χ1) is 20.3. The van der Waals surface area contributed by atoms with E-state index >= 15 is 0 Å². The summed E-state index contributed by atoms with van der Waals surface area (Å²) in [6.07, 6.45) is -3.44. The smallest absolute Gasteiger partial charge is 0.408 e. The number of methoxy groups -OCH3 is 1. The van der Waals surface area contributed by atoms with Crippen LogP contribution in [0.25, 0.3) is 28.1 Å². The Kier molecular flexibility index (Phi) is 8.48. The number of rotatable bonds is 8. The van der Waals surface area contributed by atoms with Crippen molar-refractivity contribution in [1.29, 1.82) is 0 Å². The number of hydrogen-bond donors (Lipinski definition) is 1.